The van der Waals surface area contributed by atoms with Crippen molar-refractivity contribution in [3.63, 3.8) is 0 Å². The van der Waals surface area contributed by atoms with E-state index in [2.05, 4.69) is 30.6 Å². The number of aliphatic hydroxyl groups excluding tert-OH is 1. The van der Waals surface area contributed by atoms with Crippen LogP contribution in [-0.4, -0.2) is 54.7 Å². The smallest absolute Gasteiger partial charge is 0.255 e. The molecule has 1 fully saturated rings. The Bertz CT molecular complexity index is 1360. The predicted octanol–water partition coefficient (Wildman–Crippen LogP) is 3.59. The quantitative estimate of drug-likeness (QED) is 0.375. The number of anilines is 4. The van der Waals surface area contributed by atoms with Gasteiger partial charge in [0.15, 0.2) is 0 Å². The van der Waals surface area contributed by atoms with Gasteiger partial charge < -0.3 is 20.6 Å². The summed E-state index contributed by atoms with van der Waals surface area (Å²) in [5, 5.41) is 16.6. The van der Waals surface area contributed by atoms with E-state index in [1.807, 2.05) is 17.9 Å². The molecular weight excluding hydrogens is 468 g/mol. The van der Waals surface area contributed by atoms with Crippen LogP contribution in [0.1, 0.15) is 22.3 Å². The Morgan fingerprint density at radius 2 is 2.00 bits per heavy atom. The van der Waals surface area contributed by atoms with Gasteiger partial charge in [-0.15, -0.1) is 0 Å². The molecule has 2 aromatic carbocycles. The fourth-order valence-corrected chi connectivity index (χ4v) is 3.95. The number of nitrogens with one attached hydrogen (secondary N) is 2. The number of aromatic nitrogens is 5. The van der Waals surface area contributed by atoms with Crippen molar-refractivity contribution < 1.29 is 9.90 Å². The highest BCUT2D eigenvalue weighted by Gasteiger charge is 2.24. The van der Waals surface area contributed by atoms with Crippen LogP contribution in [-0.2, 0) is 0 Å². The number of rotatable bonds is 6. The van der Waals surface area contributed by atoms with Crippen molar-refractivity contribution in [3.05, 3.63) is 77.3 Å². The fraction of sp³-hybridized carbons (Fsp3) is 0.208. The normalized spacial score (nSPS) is 15.3. The lowest BCUT2D eigenvalue weighted by Gasteiger charge is -2.18. The number of aliphatic hydroxyl groups is 1. The molecule has 5 rings (SSSR count). The van der Waals surface area contributed by atoms with Crippen LogP contribution in [0.25, 0.3) is 5.95 Å². The van der Waals surface area contributed by atoms with Gasteiger partial charge in [-0.2, -0.15) is 15.0 Å². The zero-order chi connectivity index (χ0) is 24.4. The topological polar surface area (TPSA) is 121 Å². The molecule has 0 spiro atoms. The molecule has 1 aliphatic heterocycles. The highest BCUT2D eigenvalue weighted by Crippen LogP contribution is 2.24. The van der Waals surface area contributed by atoms with Crippen molar-refractivity contribution in [1.82, 2.24) is 24.5 Å². The zero-order valence-electron chi connectivity index (χ0n) is 18.9. The maximum absolute atomic E-state index is 12.8. The Hall–Kier alpha value is -4.02. The van der Waals surface area contributed by atoms with Gasteiger partial charge in [0, 0.05) is 47.4 Å². The first-order valence-electron chi connectivity index (χ1n) is 11.1. The number of β-amino-alcohol motifs (C(OH)–C–C–N with tert-alkyl or cyclic N) is 1. The molecule has 10 nitrogen and oxygen atoms in total. The summed E-state index contributed by atoms with van der Waals surface area (Å²) in [6.07, 6.45) is 5.22. The van der Waals surface area contributed by atoms with Crippen molar-refractivity contribution in [3.8, 4) is 5.95 Å². The van der Waals surface area contributed by atoms with E-state index in [0.29, 0.717) is 59.3 Å². The number of nitrogens with zero attached hydrogens (tertiary/aromatic N) is 6. The van der Waals surface area contributed by atoms with Gasteiger partial charge in [0.25, 0.3) is 5.91 Å². The van der Waals surface area contributed by atoms with E-state index in [0.717, 1.165) is 5.56 Å². The van der Waals surface area contributed by atoms with Gasteiger partial charge >= 0.3 is 0 Å². The largest absolute Gasteiger partial charge is 0.391 e. The Morgan fingerprint density at radius 1 is 1.14 bits per heavy atom. The lowest BCUT2D eigenvalue weighted by atomic mass is 10.1. The molecule has 3 N–H and O–H groups in total. The molecule has 1 aliphatic rings. The maximum atomic E-state index is 12.8. The molecule has 0 unspecified atom stereocenters. The Balaban J connectivity index is 1.44. The first-order valence-corrected chi connectivity index (χ1v) is 11.4. The minimum Gasteiger partial charge on any atom is -0.391 e. The zero-order valence-corrected chi connectivity index (χ0v) is 19.6. The van der Waals surface area contributed by atoms with Gasteiger partial charge in [0.1, 0.15) is 6.33 Å². The number of carbonyl (C=O) groups excluding carboxylic acids is 1. The predicted molar refractivity (Wildman–Crippen MR) is 134 cm³/mol. The lowest BCUT2D eigenvalue weighted by Crippen LogP contribution is -2.24. The van der Waals surface area contributed by atoms with Gasteiger partial charge in [-0.25, -0.2) is 4.98 Å². The van der Waals surface area contributed by atoms with Crippen LogP contribution in [0.3, 0.4) is 0 Å². The number of carbonyl (C=O) groups is 1. The van der Waals surface area contributed by atoms with Crippen molar-refractivity contribution in [2.75, 3.05) is 28.6 Å². The van der Waals surface area contributed by atoms with Crippen LogP contribution in [0, 0.1) is 6.92 Å². The second-order valence-electron chi connectivity index (χ2n) is 8.24. The molecule has 1 atom stereocenters. The average Bonchev–Trinajstić information content (AvgIpc) is 3.52. The number of halogens is 1. The number of imidazole rings is 1. The summed E-state index contributed by atoms with van der Waals surface area (Å²) in [7, 11) is 0. The molecule has 1 amide bonds. The van der Waals surface area contributed by atoms with Gasteiger partial charge in [0.05, 0.1) is 6.10 Å². The SMILES string of the molecule is Cc1ccc(C(=O)Nc2cccc(Cl)c2)cc1Nc1nc(N2CC[C@H](O)C2)nc(-n2ccnc2)n1. The molecule has 0 radical (unpaired) electrons. The van der Waals surface area contributed by atoms with Crippen molar-refractivity contribution in [2.45, 2.75) is 19.4 Å². The van der Waals surface area contributed by atoms with E-state index in [1.165, 1.54) is 0 Å². The third kappa shape index (κ3) is 5.23. The summed E-state index contributed by atoms with van der Waals surface area (Å²) in [4.78, 5) is 32.5. The second-order valence-corrected chi connectivity index (χ2v) is 8.67. The Kier molecular flexibility index (Phi) is 6.30. The third-order valence-corrected chi connectivity index (χ3v) is 5.86. The van der Waals surface area contributed by atoms with Gasteiger partial charge in [-0.05, 0) is 49.2 Å². The van der Waals surface area contributed by atoms with Crippen molar-refractivity contribution in [2.24, 2.45) is 0 Å². The molecule has 0 bridgehead atoms. The number of hydrogen-bond acceptors (Lipinski definition) is 8. The summed E-state index contributed by atoms with van der Waals surface area (Å²) in [6, 6.07) is 12.3. The highest BCUT2D eigenvalue weighted by molar-refractivity contribution is 6.31. The monoisotopic (exact) mass is 490 g/mol. The first-order chi connectivity index (χ1) is 16.9. The number of benzene rings is 2. The number of aryl methyl sites for hydroxylation is 1. The van der Waals surface area contributed by atoms with Crippen LogP contribution in [0.2, 0.25) is 5.02 Å². The molecule has 0 aliphatic carbocycles. The highest BCUT2D eigenvalue weighted by atomic mass is 35.5. The summed E-state index contributed by atoms with van der Waals surface area (Å²) in [5.74, 6) is 0.895. The van der Waals surface area contributed by atoms with E-state index in [9.17, 15) is 9.90 Å². The molecule has 3 heterocycles. The van der Waals surface area contributed by atoms with Gasteiger partial charge in [-0.1, -0.05) is 23.7 Å². The minimum absolute atomic E-state index is 0.267. The first kappa shape index (κ1) is 22.8. The van der Waals surface area contributed by atoms with Crippen molar-refractivity contribution in [1.29, 1.82) is 0 Å². The molecular formula is C24H23ClN8O2. The third-order valence-electron chi connectivity index (χ3n) is 5.62. The van der Waals surface area contributed by atoms with Crippen LogP contribution in [0.5, 0.6) is 0 Å². The lowest BCUT2D eigenvalue weighted by molar-refractivity contribution is 0.102. The molecule has 0 saturated carbocycles. The standard InChI is InChI=1S/C24H23ClN8O2/c1-15-5-6-16(21(35)27-18-4-2-3-17(25)12-18)11-20(15)28-22-29-23(32-9-7-19(34)13-32)31-24(30-22)33-10-8-26-14-33/h2-6,8,10-12,14,19,34H,7,9,13H2,1H3,(H,27,35)(H,28,29,30,31)/t19-/m0/s1. The van der Waals surface area contributed by atoms with Gasteiger partial charge in [0.2, 0.25) is 17.8 Å². The van der Waals surface area contributed by atoms with Crippen LogP contribution in [0.15, 0.2) is 61.2 Å². The molecule has 178 valence electrons. The Labute approximate surface area is 206 Å². The van der Waals surface area contributed by atoms with E-state index in [1.54, 1.807) is 59.7 Å². The molecule has 1 saturated heterocycles. The maximum Gasteiger partial charge on any atom is 0.255 e. The van der Waals surface area contributed by atoms with E-state index in [4.69, 9.17) is 11.6 Å². The molecule has 2 aromatic heterocycles. The van der Waals surface area contributed by atoms with Crippen LogP contribution < -0.4 is 15.5 Å². The van der Waals surface area contributed by atoms with Crippen LogP contribution >= 0.6 is 11.6 Å². The van der Waals surface area contributed by atoms with Crippen LogP contribution in [0.4, 0.5) is 23.3 Å². The van der Waals surface area contributed by atoms with E-state index in [-0.39, 0.29) is 5.91 Å². The summed E-state index contributed by atoms with van der Waals surface area (Å²) < 4.78 is 1.69. The van der Waals surface area contributed by atoms with E-state index < -0.39 is 6.10 Å². The Morgan fingerprint density at radius 3 is 2.74 bits per heavy atom. The van der Waals surface area contributed by atoms with E-state index >= 15 is 0 Å². The summed E-state index contributed by atoms with van der Waals surface area (Å²) in [5.41, 5.74) is 2.66. The minimum atomic E-state index is -0.420. The molecule has 35 heavy (non-hydrogen) atoms. The second kappa shape index (κ2) is 9.69. The van der Waals surface area contributed by atoms with Gasteiger partial charge in [-0.3, -0.25) is 9.36 Å². The van der Waals surface area contributed by atoms with Crippen molar-refractivity contribution >= 4 is 40.8 Å². The summed E-state index contributed by atoms with van der Waals surface area (Å²) in [6.45, 7) is 3.02. The number of amides is 1. The fourth-order valence-electron chi connectivity index (χ4n) is 3.76. The molecule has 11 heteroatoms. The summed E-state index contributed by atoms with van der Waals surface area (Å²) >= 11 is 6.02. The molecule has 4 aromatic rings. The number of hydrogen-bond donors (Lipinski definition) is 3. The average molecular weight is 491 g/mol.